The van der Waals surface area contributed by atoms with Crippen LogP contribution in [0, 0.1) is 0 Å². The van der Waals surface area contributed by atoms with Crippen molar-refractivity contribution in [2.24, 2.45) is 0 Å². The number of rotatable bonds is 10. The van der Waals surface area contributed by atoms with Crippen LogP contribution in [0.3, 0.4) is 0 Å². The third-order valence-electron chi connectivity index (χ3n) is 6.71. The summed E-state index contributed by atoms with van der Waals surface area (Å²) in [6.07, 6.45) is 3.16. The van der Waals surface area contributed by atoms with Crippen LogP contribution in [0.1, 0.15) is 50.3 Å². The van der Waals surface area contributed by atoms with E-state index < -0.39 is 17.7 Å². The summed E-state index contributed by atoms with van der Waals surface area (Å²) in [5.41, 5.74) is 1.46. The third-order valence-corrected chi connectivity index (χ3v) is 6.71. The fourth-order valence-corrected chi connectivity index (χ4v) is 4.80. The Hall–Kier alpha value is -4.46. The molecule has 0 spiro atoms. The molecule has 0 aliphatic carbocycles. The van der Waals surface area contributed by atoms with Crippen molar-refractivity contribution >= 4 is 23.1 Å². The van der Waals surface area contributed by atoms with Gasteiger partial charge in [0.2, 0.25) is 6.79 Å². The van der Waals surface area contributed by atoms with Crippen molar-refractivity contribution in [1.29, 1.82) is 0 Å². The normalized spacial score (nSPS) is 17.5. The van der Waals surface area contributed by atoms with Crippen LogP contribution in [0.4, 0.5) is 5.69 Å². The van der Waals surface area contributed by atoms with E-state index in [0.29, 0.717) is 53.0 Å². The smallest absolute Gasteiger partial charge is 0.300 e. The van der Waals surface area contributed by atoms with Crippen LogP contribution < -0.4 is 23.8 Å². The summed E-state index contributed by atoms with van der Waals surface area (Å²) in [7, 11) is 0. The van der Waals surface area contributed by atoms with E-state index in [4.69, 9.17) is 18.9 Å². The van der Waals surface area contributed by atoms with Crippen LogP contribution in [0.25, 0.3) is 5.76 Å². The monoisotopic (exact) mass is 529 g/mol. The molecule has 0 aromatic heterocycles. The van der Waals surface area contributed by atoms with Gasteiger partial charge in [-0.3, -0.25) is 14.5 Å². The van der Waals surface area contributed by atoms with Gasteiger partial charge < -0.3 is 24.1 Å². The van der Waals surface area contributed by atoms with Gasteiger partial charge in [0.05, 0.1) is 24.8 Å². The van der Waals surface area contributed by atoms with Crippen molar-refractivity contribution in [1.82, 2.24) is 0 Å². The molecule has 8 nitrogen and oxygen atoms in total. The zero-order chi connectivity index (χ0) is 27.4. The van der Waals surface area contributed by atoms with E-state index in [1.165, 1.54) is 4.90 Å². The Labute approximate surface area is 227 Å². The summed E-state index contributed by atoms with van der Waals surface area (Å²) in [6, 6.07) is 18.2. The molecule has 1 N–H and O–H groups in total. The number of amides is 1. The van der Waals surface area contributed by atoms with Gasteiger partial charge in [-0.25, -0.2) is 0 Å². The standard InChI is InChI=1S/C31H31NO7/c1-3-5-6-16-37-23-13-10-20(11-14-23)29(33)27-28(21-8-7-9-24(17-21)36-4-2)32(31(35)30(27)34)22-12-15-25-26(18-22)39-19-38-25/h7-15,17-18,28,33H,3-6,16,19H2,1-2H3/b29-27+. The van der Waals surface area contributed by atoms with Gasteiger partial charge in [0, 0.05) is 17.3 Å². The van der Waals surface area contributed by atoms with E-state index in [-0.39, 0.29) is 18.1 Å². The van der Waals surface area contributed by atoms with E-state index >= 15 is 0 Å². The predicted octanol–water partition coefficient (Wildman–Crippen LogP) is 6.01. The molecule has 3 aromatic rings. The second-order valence-corrected chi connectivity index (χ2v) is 9.29. The third kappa shape index (κ3) is 5.27. The number of ketones is 1. The molecule has 1 atom stereocenters. The molecule has 39 heavy (non-hydrogen) atoms. The molecular weight excluding hydrogens is 498 g/mol. The van der Waals surface area contributed by atoms with Crippen molar-refractivity contribution in [3.63, 3.8) is 0 Å². The van der Waals surface area contributed by atoms with Gasteiger partial charge in [-0.05, 0) is 67.4 Å². The molecule has 1 saturated heterocycles. The van der Waals surface area contributed by atoms with Gasteiger partial charge in [-0.2, -0.15) is 0 Å². The van der Waals surface area contributed by atoms with E-state index in [1.54, 1.807) is 66.7 Å². The SMILES string of the molecule is CCCCCOc1ccc(/C(O)=C2\C(=O)C(=O)N(c3ccc4c(c3)OCO4)C2c2cccc(OCC)c2)cc1. The van der Waals surface area contributed by atoms with Gasteiger partial charge in [-0.15, -0.1) is 0 Å². The van der Waals surface area contributed by atoms with Crippen molar-refractivity contribution in [3.05, 3.63) is 83.4 Å². The van der Waals surface area contributed by atoms with Crippen LogP contribution in [-0.2, 0) is 9.59 Å². The van der Waals surface area contributed by atoms with Crippen LogP contribution in [0.2, 0.25) is 0 Å². The molecule has 0 radical (unpaired) electrons. The highest BCUT2D eigenvalue weighted by Crippen LogP contribution is 2.45. The van der Waals surface area contributed by atoms with E-state index in [9.17, 15) is 14.7 Å². The van der Waals surface area contributed by atoms with Crippen molar-refractivity contribution in [2.75, 3.05) is 24.9 Å². The number of anilines is 1. The lowest BCUT2D eigenvalue weighted by Gasteiger charge is -2.26. The molecule has 1 amide bonds. The van der Waals surface area contributed by atoms with Gasteiger partial charge in [0.15, 0.2) is 11.5 Å². The summed E-state index contributed by atoms with van der Waals surface area (Å²) in [5, 5.41) is 11.4. The second-order valence-electron chi connectivity index (χ2n) is 9.29. The Morgan fingerprint density at radius 2 is 1.72 bits per heavy atom. The number of aliphatic hydroxyl groups is 1. The molecule has 2 heterocycles. The molecule has 3 aromatic carbocycles. The van der Waals surface area contributed by atoms with Crippen molar-refractivity contribution in [2.45, 2.75) is 39.2 Å². The number of nitrogens with zero attached hydrogens (tertiary/aromatic N) is 1. The highest BCUT2D eigenvalue weighted by molar-refractivity contribution is 6.51. The van der Waals surface area contributed by atoms with Crippen LogP contribution in [0.15, 0.2) is 72.3 Å². The Balaban J connectivity index is 1.56. The second kappa shape index (κ2) is 11.5. The summed E-state index contributed by atoms with van der Waals surface area (Å²) >= 11 is 0. The maximum atomic E-state index is 13.5. The highest BCUT2D eigenvalue weighted by Gasteiger charge is 2.47. The predicted molar refractivity (Wildman–Crippen MR) is 146 cm³/mol. The molecule has 0 saturated carbocycles. The number of hydrogen-bond donors (Lipinski definition) is 1. The van der Waals surface area contributed by atoms with Crippen LogP contribution in [0.5, 0.6) is 23.0 Å². The molecule has 2 aliphatic rings. The highest BCUT2D eigenvalue weighted by atomic mass is 16.7. The number of unbranched alkanes of at least 4 members (excludes halogenated alkanes) is 2. The molecule has 8 heteroatoms. The molecule has 202 valence electrons. The Kier molecular flexibility index (Phi) is 7.72. The van der Waals surface area contributed by atoms with Gasteiger partial charge in [0.25, 0.3) is 11.7 Å². The lowest BCUT2D eigenvalue weighted by atomic mass is 9.95. The Morgan fingerprint density at radius 3 is 2.49 bits per heavy atom. The lowest BCUT2D eigenvalue weighted by Crippen LogP contribution is -2.29. The number of carbonyl (C=O) groups is 2. The average molecular weight is 530 g/mol. The van der Waals surface area contributed by atoms with Crippen LogP contribution in [-0.4, -0.2) is 36.8 Å². The van der Waals surface area contributed by atoms with Gasteiger partial charge in [0.1, 0.15) is 17.3 Å². The summed E-state index contributed by atoms with van der Waals surface area (Å²) < 4.78 is 22.4. The number of hydrogen-bond acceptors (Lipinski definition) is 7. The molecular formula is C31H31NO7. The Morgan fingerprint density at radius 1 is 0.923 bits per heavy atom. The fourth-order valence-electron chi connectivity index (χ4n) is 4.80. The largest absolute Gasteiger partial charge is 0.507 e. The summed E-state index contributed by atoms with van der Waals surface area (Å²) in [4.78, 5) is 28.3. The number of carbonyl (C=O) groups excluding carboxylic acids is 2. The van der Waals surface area contributed by atoms with Crippen molar-refractivity contribution < 1.29 is 33.6 Å². The summed E-state index contributed by atoms with van der Waals surface area (Å²) in [5.74, 6) is 0.504. The molecule has 5 rings (SSSR count). The minimum Gasteiger partial charge on any atom is -0.507 e. The van der Waals surface area contributed by atoms with Gasteiger partial charge in [-0.1, -0.05) is 31.9 Å². The molecule has 1 unspecified atom stereocenters. The number of Topliss-reactive ketones (excluding diaryl/α,β-unsaturated/α-hetero) is 1. The molecule has 2 aliphatic heterocycles. The first-order chi connectivity index (χ1) is 19.0. The maximum Gasteiger partial charge on any atom is 0.300 e. The first kappa shape index (κ1) is 26.2. The quantitative estimate of drug-likeness (QED) is 0.149. The first-order valence-corrected chi connectivity index (χ1v) is 13.2. The number of ether oxygens (including phenoxy) is 4. The zero-order valence-electron chi connectivity index (χ0n) is 22.0. The van der Waals surface area contributed by atoms with Crippen molar-refractivity contribution in [3.8, 4) is 23.0 Å². The minimum atomic E-state index is -0.893. The number of aliphatic hydroxyl groups excluding tert-OH is 1. The maximum absolute atomic E-state index is 13.5. The minimum absolute atomic E-state index is 0.0112. The fraction of sp³-hybridized carbons (Fsp3) is 0.290. The number of fused-ring (bicyclic) bond motifs is 1. The van der Waals surface area contributed by atoms with E-state index in [2.05, 4.69) is 6.92 Å². The molecule has 0 bridgehead atoms. The summed E-state index contributed by atoms with van der Waals surface area (Å²) in [6.45, 7) is 5.15. The lowest BCUT2D eigenvalue weighted by molar-refractivity contribution is -0.132. The zero-order valence-corrected chi connectivity index (χ0v) is 22.0. The molecule has 1 fully saturated rings. The van der Waals surface area contributed by atoms with E-state index in [0.717, 1.165) is 19.3 Å². The van der Waals surface area contributed by atoms with E-state index in [1.807, 2.05) is 6.92 Å². The van der Waals surface area contributed by atoms with Crippen LogP contribution >= 0.6 is 0 Å². The number of benzene rings is 3. The first-order valence-electron chi connectivity index (χ1n) is 13.2. The Bertz CT molecular complexity index is 1400. The van der Waals surface area contributed by atoms with Gasteiger partial charge >= 0.3 is 0 Å². The average Bonchev–Trinajstić information content (AvgIpc) is 3.53. The topological polar surface area (TPSA) is 94.5 Å².